The first-order valence-electron chi connectivity index (χ1n) is 6.23. The van der Waals surface area contributed by atoms with Crippen LogP contribution in [0.2, 0.25) is 0 Å². The lowest BCUT2D eigenvalue weighted by atomic mass is 10.1. The van der Waals surface area contributed by atoms with Gasteiger partial charge in [0.05, 0.1) is 6.10 Å². The largest absolute Gasteiger partial charge is 0.483 e. The molecule has 2 atom stereocenters. The summed E-state index contributed by atoms with van der Waals surface area (Å²) >= 11 is 0. The number of aliphatic hydroxyl groups excluding tert-OH is 1. The summed E-state index contributed by atoms with van der Waals surface area (Å²) in [5.74, 6) is 0.400. The topological polar surface area (TPSA) is 58.6 Å². The Labute approximate surface area is 108 Å². The van der Waals surface area contributed by atoms with Gasteiger partial charge < -0.3 is 15.2 Å². The number of benzene rings is 1. The van der Waals surface area contributed by atoms with Crippen molar-refractivity contribution in [3.05, 3.63) is 29.8 Å². The van der Waals surface area contributed by atoms with E-state index in [4.69, 9.17) is 4.74 Å². The molecule has 0 aromatic heterocycles. The van der Waals surface area contributed by atoms with Gasteiger partial charge in [0.1, 0.15) is 5.75 Å². The summed E-state index contributed by atoms with van der Waals surface area (Å²) < 4.78 is 5.43. The Balaban J connectivity index is 2.56. The maximum Gasteiger partial charge on any atom is 0.258 e. The van der Waals surface area contributed by atoms with Crippen LogP contribution in [0.1, 0.15) is 38.9 Å². The number of para-hydroxylation sites is 1. The van der Waals surface area contributed by atoms with Crippen molar-refractivity contribution in [3.8, 4) is 5.75 Å². The van der Waals surface area contributed by atoms with Crippen LogP contribution in [-0.4, -0.2) is 23.7 Å². The minimum Gasteiger partial charge on any atom is -0.483 e. The number of hydrogen-bond donors (Lipinski definition) is 2. The van der Waals surface area contributed by atoms with Crippen LogP contribution in [0.4, 0.5) is 0 Å². The van der Waals surface area contributed by atoms with Gasteiger partial charge in [0.15, 0.2) is 6.61 Å². The van der Waals surface area contributed by atoms with Gasteiger partial charge in [-0.05, 0) is 26.3 Å². The van der Waals surface area contributed by atoms with Crippen LogP contribution >= 0.6 is 0 Å². The minimum atomic E-state index is -0.612. The third kappa shape index (κ3) is 4.37. The van der Waals surface area contributed by atoms with E-state index in [9.17, 15) is 9.90 Å². The highest BCUT2D eigenvalue weighted by Gasteiger charge is 2.11. The molecular weight excluding hydrogens is 230 g/mol. The van der Waals surface area contributed by atoms with Crippen molar-refractivity contribution in [1.82, 2.24) is 5.32 Å². The van der Waals surface area contributed by atoms with E-state index >= 15 is 0 Å². The molecule has 0 aliphatic carbocycles. The molecule has 4 nitrogen and oxygen atoms in total. The van der Waals surface area contributed by atoms with Crippen molar-refractivity contribution in [1.29, 1.82) is 0 Å². The highest BCUT2D eigenvalue weighted by Crippen LogP contribution is 2.24. The first kappa shape index (κ1) is 14.5. The second-order valence-corrected chi connectivity index (χ2v) is 4.38. The van der Waals surface area contributed by atoms with Crippen LogP contribution in [-0.2, 0) is 4.79 Å². The van der Waals surface area contributed by atoms with E-state index in [0.717, 1.165) is 6.42 Å². The second kappa shape index (κ2) is 7.01. The smallest absolute Gasteiger partial charge is 0.258 e. The van der Waals surface area contributed by atoms with Gasteiger partial charge in [-0.25, -0.2) is 0 Å². The monoisotopic (exact) mass is 251 g/mol. The lowest BCUT2D eigenvalue weighted by Gasteiger charge is -2.15. The zero-order valence-corrected chi connectivity index (χ0v) is 11.1. The van der Waals surface area contributed by atoms with Gasteiger partial charge in [-0.2, -0.15) is 0 Å². The molecule has 100 valence electrons. The molecule has 18 heavy (non-hydrogen) atoms. The molecule has 4 heteroatoms. The van der Waals surface area contributed by atoms with Gasteiger partial charge in [-0.3, -0.25) is 4.79 Å². The highest BCUT2D eigenvalue weighted by molar-refractivity contribution is 5.77. The first-order valence-corrected chi connectivity index (χ1v) is 6.23. The predicted octanol–water partition coefficient (Wildman–Crippen LogP) is 2.03. The van der Waals surface area contributed by atoms with E-state index in [1.54, 1.807) is 19.1 Å². The number of amides is 1. The number of ether oxygens (including phenoxy) is 1. The Morgan fingerprint density at radius 2 is 2.06 bits per heavy atom. The van der Waals surface area contributed by atoms with Crippen LogP contribution < -0.4 is 10.1 Å². The fraction of sp³-hybridized carbons (Fsp3) is 0.500. The molecule has 0 radical (unpaired) electrons. The molecule has 0 saturated carbocycles. The summed E-state index contributed by atoms with van der Waals surface area (Å²) in [4.78, 5) is 11.6. The summed E-state index contributed by atoms with van der Waals surface area (Å²) in [5, 5.41) is 12.4. The van der Waals surface area contributed by atoms with E-state index in [2.05, 4.69) is 5.32 Å². The minimum absolute atomic E-state index is 0.0337. The van der Waals surface area contributed by atoms with E-state index in [-0.39, 0.29) is 18.6 Å². The van der Waals surface area contributed by atoms with Crippen molar-refractivity contribution >= 4 is 5.91 Å². The number of nitrogens with one attached hydrogen (secondary N) is 1. The van der Waals surface area contributed by atoms with E-state index in [0.29, 0.717) is 11.3 Å². The quantitative estimate of drug-likeness (QED) is 0.813. The normalized spacial score (nSPS) is 13.8. The summed E-state index contributed by atoms with van der Waals surface area (Å²) in [6.45, 7) is 5.59. The Morgan fingerprint density at radius 3 is 2.67 bits per heavy atom. The Morgan fingerprint density at radius 1 is 1.39 bits per heavy atom. The van der Waals surface area contributed by atoms with Gasteiger partial charge in [0.25, 0.3) is 5.91 Å². The van der Waals surface area contributed by atoms with Gasteiger partial charge in [-0.1, -0.05) is 25.1 Å². The van der Waals surface area contributed by atoms with Gasteiger partial charge in [0, 0.05) is 11.6 Å². The molecule has 0 spiro atoms. The summed E-state index contributed by atoms with van der Waals surface area (Å²) in [5.41, 5.74) is 0.689. The van der Waals surface area contributed by atoms with E-state index < -0.39 is 6.10 Å². The first-order chi connectivity index (χ1) is 8.54. The van der Waals surface area contributed by atoms with Crippen LogP contribution in [0, 0.1) is 0 Å². The Bertz CT molecular complexity index is 390. The average Bonchev–Trinajstić information content (AvgIpc) is 2.36. The predicted molar refractivity (Wildman–Crippen MR) is 70.5 cm³/mol. The number of carbonyl (C=O) groups excluding carboxylic acids is 1. The second-order valence-electron chi connectivity index (χ2n) is 4.38. The number of aliphatic hydroxyl groups is 1. The Hall–Kier alpha value is -1.55. The van der Waals surface area contributed by atoms with Crippen LogP contribution in [0.15, 0.2) is 24.3 Å². The maximum absolute atomic E-state index is 11.6. The zero-order valence-electron chi connectivity index (χ0n) is 11.1. The summed E-state index contributed by atoms with van der Waals surface area (Å²) in [6.07, 6.45) is 0.273. The summed E-state index contributed by atoms with van der Waals surface area (Å²) in [7, 11) is 0. The number of rotatable bonds is 6. The fourth-order valence-electron chi connectivity index (χ4n) is 1.52. The van der Waals surface area contributed by atoms with Gasteiger partial charge in [-0.15, -0.1) is 0 Å². The molecular formula is C14H21NO3. The molecule has 0 aliphatic rings. The lowest BCUT2D eigenvalue weighted by molar-refractivity contribution is -0.123. The maximum atomic E-state index is 11.6. The highest BCUT2D eigenvalue weighted by atomic mass is 16.5. The third-order valence-corrected chi connectivity index (χ3v) is 2.75. The molecule has 0 bridgehead atoms. The van der Waals surface area contributed by atoms with Crippen molar-refractivity contribution in [2.24, 2.45) is 0 Å². The van der Waals surface area contributed by atoms with Crippen LogP contribution in [0.25, 0.3) is 0 Å². The van der Waals surface area contributed by atoms with Crippen molar-refractivity contribution in [3.63, 3.8) is 0 Å². The average molecular weight is 251 g/mol. The fourth-order valence-corrected chi connectivity index (χ4v) is 1.52. The molecule has 1 aromatic rings. The Kier molecular flexibility index (Phi) is 5.65. The molecule has 0 heterocycles. The molecule has 1 amide bonds. The molecule has 0 aliphatic heterocycles. The number of carbonyl (C=O) groups is 1. The molecule has 1 aromatic carbocycles. The molecule has 0 saturated heterocycles. The van der Waals surface area contributed by atoms with Crippen LogP contribution in [0.5, 0.6) is 5.75 Å². The van der Waals surface area contributed by atoms with Crippen molar-refractivity contribution < 1.29 is 14.6 Å². The molecule has 1 rings (SSSR count). The zero-order chi connectivity index (χ0) is 13.5. The van der Waals surface area contributed by atoms with E-state index in [1.807, 2.05) is 26.0 Å². The lowest BCUT2D eigenvalue weighted by Crippen LogP contribution is -2.35. The molecule has 0 fully saturated rings. The van der Waals surface area contributed by atoms with Crippen LogP contribution in [0.3, 0.4) is 0 Å². The van der Waals surface area contributed by atoms with Crippen molar-refractivity contribution in [2.75, 3.05) is 6.61 Å². The van der Waals surface area contributed by atoms with E-state index in [1.165, 1.54) is 0 Å². The molecule has 1 unspecified atom stereocenters. The number of hydrogen-bond acceptors (Lipinski definition) is 3. The van der Waals surface area contributed by atoms with Gasteiger partial charge in [0.2, 0.25) is 0 Å². The van der Waals surface area contributed by atoms with Crippen molar-refractivity contribution in [2.45, 2.75) is 39.3 Å². The third-order valence-electron chi connectivity index (χ3n) is 2.75. The SMILES string of the molecule is CCC(C)NC(=O)COc1ccccc1[C@H](C)O. The molecule has 2 N–H and O–H groups in total. The summed E-state index contributed by atoms with van der Waals surface area (Å²) in [6, 6.07) is 7.32. The van der Waals surface area contributed by atoms with Gasteiger partial charge >= 0.3 is 0 Å². The standard InChI is InChI=1S/C14H21NO3/c1-4-10(2)15-14(17)9-18-13-8-6-5-7-12(13)11(3)16/h5-8,10-11,16H,4,9H2,1-3H3,(H,15,17)/t10?,11-/m0/s1.